The Kier molecular flexibility index (Phi) is 16.0. The van der Waals surface area contributed by atoms with E-state index in [4.69, 9.17) is 24.9 Å². The minimum absolute atomic E-state index is 0.822. The summed E-state index contributed by atoms with van der Waals surface area (Å²) in [6.07, 6.45) is 0. The summed E-state index contributed by atoms with van der Waals surface area (Å²) in [5.74, 6) is 0. The van der Waals surface area contributed by atoms with Gasteiger partial charge in [0, 0.05) is 0 Å². The molecular weight excluding hydrogens is 365 g/mol. The van der Waals surface area contributed by atoms with Crippen molar-refractivity contribution in [2.45, 2.75) is 0 Å². The molecule has 0 aliphatic carbocycles. The van der Waals surface area contributed by atoms with E-state index >= 15 is 0 Å². The molecule has 0 nitrogen and oxygen atoms in total. The van der Waals surface area contributed by atoms with Gasteiger partial charge in [0.1, 0.15) is 7.85 Å². The Bertz CT molecular complexity index is 392. The van der Waals surface area contributed by atoms with E-state index in [1.807, 2.05) is 91.0 Å². The van der Waals surface area contributed by atoms with Gasteiger partial charge >= 0.3 is 37.9 Å². The van der Waals surface area contributed by atoms with Gasteiger partial charge in [0.05, 0.1) is 0 Å². The van der Waals surface area contributed by atoms with Crippen LogP contribution in [-0.2, 0) is 20.8 Å². The summed E-state index contributed by atoms with van der Waals surface area (Å²) >= 11 is -0.826. The maximum absolute atomic E-state index is 5.36. The van der Waals surface area contributed by atoms with Gasteiger partial charge in [0.15, 0.2) is 0 Å². The quantitative estimate of drug-likeness (QED) is 0.393. The third kappa shape index (κ3) is 15.5. The van der Waals surface area contributed by atoms with E-state index in [1.54, 1.807) is 0 Å². The van der Waals surface area contributed by atoms with E-state index in [1.165, 1.54) is 0 Å². The van der Waals surface area contributed by atoms with Crippen LogP contribution in [-0.4, -0.2) is 7.85 Å². The zero-order valence-electron chi connectivity index (χ0n) is 11.0. The predicted molar refractivity (Wildman–Crippen MR) is 87.6 cm³/mol. The van der Waals surface area contributed by atoms with Crippen LogP contribution in [0.3, 0.4) is 0 Å². The van der Waals surface area contributed by atoms with E-state index < -0.39 is 20.8 Å². The van der Waals surface area contributed by atoms with Gasteiger partial charge in [-0.15, -0.1) is 0 Å². The van der Waals surface area contributed by atoms with Gasteiger partial charge in [-0.3, -0.25) is 0 Å². The first kappa shape index (κ1) is 19.4. The minimum atomic E-state index is -0.826. The van der Waals surface area contributed by atoms with Crippen LogP contribution in [0.15, 0.2) is 91.0 Å². The van der Waals surface area contributed by atoms with Gasteiger partial charge in [-0.05, 0) is 0 Å². The number of hydrogen-bond acceptors (Lipinski definition) is 0. The van der Waals surface area contributed by atoms with Crippen LogP contribution in [0, 0.1) is 0 Å². The first-order chi connectivity index (χ1) is 9.81. The fourth-order valence-corrected chi connectivity index (χ4v) is 1.09. The average Bonchev–Trinajstić information content (AvgIpc) is 3.20. The Morgan fingerprint density at radius 3 is 1.20 bits per heavy atom. The normalized spacial score (nSPS) is 7.50. The second kappa shape index (κ2) is 16.5. The fraction of sp³-hybridized carbons (Fsp3) is 0. The molecule has 0 amide bonds. The van der Waals surface area contributed by atoms with Crippen molar-refractivity contribution in [3.8, 4) is 0 Å². The van der Waals surface area contributed by atoms with Gasteiger partial charge in [-0.25, -0.2) is 24.3 Å². The molecule has 2 radical (unpaired) electrons. The number of benzene rings is 1. The summed E-state index contributed by atoms with van der Waals surface area (Å²) in [5, 5.41) is 0. The number of halogens is 2. The van der Waals surface area contributed by atoms with Crippen molar-refractivity contribution in [1.82, 2.24) is 0 Å². The molecule has 0 N–H and O–H groups in total. The molecule has 0 saturated carbocycles. The Labute approximate surface area is 141 Å². The molecule has 0 spiro atoms. The van der Waals surface area contributed by atoms with Crippen molar-refractivity contribution in [2.24, 2.45) is 0 Å². The number of hydrogen-bond donors (Lipinski definition) is 0. The van der Waals surface area contributed by atoms with E-state index in [0.29, 0.717) is 0 Å². The molecule has 0 saturated heterocycles. The molecule has 3 aromatic carbocycles. The molecular formula is C16H15BCl2Zr. The molecule has 0 atom stereocenters. The van der Waals surface area contributed by atoms with Crippen molar-refractivity contribution in [1.29, 1.82) is 0 Å². The van der Waals surface area contributed by atoms with Crippen LogP contribution in [0.1, 0.15) is 0 Å². The van der Waals surface area contributed by atoms with Crippen LogP contribution in [0.2, 0.25) is 0 Å². The molecule has 0 unspecified atom stereocenters. The fourth-order valence-electron chi connectivity index (χ4n) is 1.09. The summed E-state index contributed by atoms with van der Waals surface area (Å²) < 4.78 is 0. The second-order valence-corrected chi connectivity index (χ2v) is 7.14. The molecule has 20 heavy (non-hydrogen) atoms. The van der Waals surface area contributed by atoms with Gasteiger partial charge in [0.2, 0.25) is 0 Å². The van der Waals surface area contributed by atoms with Crippen LogP contribution in [0.25, 0.3) is 0 Å². The van der Waals surface area contributed by atoms with Crippen LogP contribution < -0.4 is 5.46 Å². The van der Waals surface area contributed by atoms with Crippen molar-refractivity contribution < 1.29 is 20.8 Å². The van der Waals surface area contributed by atoms with Crippen molar-refractivity contribution in [2.75, 3.05) is 0 Å². The first-order valence-electron chi connectivity index (χ1n) is 5.91. The topological polar surface area (TPSA) is 0 Å². The molecule has 0 aliphatic heterocycles. The Morgan fingerprint density at radius 1 is 0.700 bits per heavy atom. The third-order valence-corrected chi connectivity index (χ3v) is 1.91. The summed E-state index contributed by atoms with van der Waals surface area (Å²) in [6, 6.07) is 29.5. The minimum Gasteiger partial charge on any atom is -0.214 e. The Morgan fingerprint density at radius 2 is 1.05 bits per heavy atom. The smallest absolute Gasteiger partial charge is 0.172 e. The van der Waals surface area contributed by atoms with Crippen LogP contribution in [0.4, 0.5) is 0 Å². The summed E-state index contributed by atoms with van der Waals surface area (Å²) in [5.41, 5.74) is 0.822. The third-order valence-electron chi connectivity index (χ3n) is 1.91. The van der Waals surface area contributed by atoms with E-state index in [9.17, 15) is 0 Å². The molecule has 4 heteroatoms. The van der Waals surface area contributed by atoms with Gasteiger partial charge < -0.3 is 0 Å². The molecule has 0 fully saturated rings. The maximum atomic E-state index is 5.36. The molecule has 3 rings (SSSR count). The Balaban J connectivity index is 0.000000251. The molecule has 0 aromatic heterocycles. The number of rotatable bonds is 0. The summed E-state index contributed by atoms with van der Waals surface area (Å²) in [6.45, 7) is 0. The zero-order chi connectivity index (χ0) is 14.9. The van der Waals surface area contributed by atoms with E-state index in [-0.39, 0.29) is 0 Å². The van der Waals surface area contributed by atoms with E-state index in [0.717, 1.165) is 5.46 Å². The molecule has 0 heterocycles. The molecule has 100 valence electrons. The largest absolute Gasteiger partial charge is 0.214 e. The van der Waals surface area contributed by atoms with Gasteiger partial charge in [0.25, 0.3) is 0 Å². The predicted octanol–water partition coefficient (Wildman–Crippen LogP) is 4.67. The Hall–Kier alpha value is -0.552. The molecule has 0 aliphatic rings. The zero-order valence-corrected chi connectivity index (χ0v) is 15.0. The summed E-state index contributed by atoms with van der Waals surface area (Å²) in [7, 11) is 15.2. The second-order valence-electron chi connectivity index (χ2n) is 3.41. The van der Waals surface area contributed by atoms with Crippen molar-refractivity contribution in [3.05, 3.63) is 91.0 Å². The van der Waals surface area contributed by atoms with Crippen LogP contribution >= 0.6 is 17.0 Å². The maximum Gasteiger partial charge on any atom is -0.172 e. The SMILES string of the molecule is [B]c1ccccc1.[Cl][Zr+2][Cl].c1cc[cH-]c1.c1cc[cH-]c1. The van der Waals surface area contributed by atoms with Crippen molar-refractivity contribution >= 4 is 30.3 Å². The van der Waals surface area contributed by atoms with Crippen molar-refractivity contribution in [3.63, 3.8) is 0 Å². The standard InChI is InChI=1S/C6H5B.2C5H5.2ClH.Zr/c7-6-4-2-1-3-5-6;2*1-2-4-5-3-1;;;/h1-5H;2*1-5H;2*1H;/q;2*-1;;;+4/p-2. The van der Waals surface area contributed by atoms with Gasteiger partial charge in [-0.1, -0.05) is 35.8 Å². The van der Waals surface area contributed by atoms with Crippen LogP contribution in [0.5, 0.6) is 0 Å². The first-order valence-corrected chi connectivity index (χ1v) is 12.2. The molecule has 0 bridgehead atoms. The van der Waals surface area contributed by atoms with E-state index in [2.05, 4.69) is 0 Å². The average molecular weight is 380 g/mol. The summed E-state index contributed by atoms with van der Waals surface area (Å²) in [4.78, 5) is 0. The van der Waals surface area contributed by atoms with Gasteiger partial charge in [-0.2, -0.15) is 36.4 Å². The molecule has 3 aromatic rings. The monoisotopic (exact) mass is 378 g/mol.